The average molecular weight is 251 g/mol. The number of benzene rings is 1. The fraction of sp³-hybridized carbons (Fsp3) is 0.308. The topological polar surface area (TPSA) is 33.1 Å². The molecular weight excluding hydrogens is 237 g/mol. The molecule has 0 saturated heterocycles. The Bertz CT molecular complexity index is 486. The van der Waals surface area contributed by atoms with Gasteiger partial charge in [-0.25, -0.2) is 4.39 Å². The van der Waals surface area contributed by atoms with Crippen LogP contribution in [-0.4, -0.2) is 10.1 Å². The number of aliphatic hydroxyl groups is 1. The Balaban J connectivity index is 2.30. The zero-order valence-corrected chi connectivity index (χ0v) is 10.4. The van der Waals surface area contributed by atoms with Gasteiger partial charge in [0.2, 0.25) is 0 Å². The second kappa shape index (κ2) is 4.94. The molecule has 2 aromatic rings. The molecular formula is C13H14FNOS. The minimum Gasteiger partial charge on any atom is -0.385 e. The molecule has 2 nitrogen and oxygen atoms in total. The highest BCUT2D eigenvalue weighted by molar-refractivity contribution is 7.09. The monoisotopic (exact) mass is 251 g/mol. The van der Waals surface area contributed by atoms with Crippen LogP contribution in [0.25, 0.3) is 0 Å². The van der Waals surface area contributed by atoms with E-state index in [0.717, 1.165) is 4.88 Å². The van der Waals surface area contributed by atoms with Gasteiger partial charge in [-0.1, -0.05) is 19.1 Å². The van der Waals surface area contributed by atoms with E-state index in [9.17, 15) is 9.50 Å². The molecule has 1 unspecified atom stereocenters. The Kier molecular flexibility index (Phi) is 3.54. The lowest BCUT2D eigenvalue weighted by Crippen LogP contribution is -2.27. The first kappa shape index (κ1) is 12.2. The number of hydrogen-bond donors (Lipinski definition) is 1. The molecule has 0 bridgehead atoms. The van der Waals surface area contributed by atoms with Gasteiger partial charge >= 0.3 is 0 Å². The summed E-state index contributed by atoms with van der Waals surface area (Å²) in [5, 5.41) is 10.6. The minimum absolute atomic E-state index is 0.321. The molecule has 4 heteroatoms. The lowest BCUT2D eigenvalue weighted by molar-refractivity contribution is 0.0332. The third kappa shape index (κ3) is 2.70. The molecule has 1 aromatic carbocycles. The highest BCUT2D eigenvalue weighted by Crippen LogP contribution is 2.30. The van der Waals surface area contributed by atoms with Gasteiger partial charge in [-0.3, -0.25) is 4.98 Å². The Hall–Kier alpha value is -1.26. The van der Waals surface area contributed by atoms with Crippen LogP contribution in [0.2, 0.25) is 0 Å². The van der Waals surface area contributed by atoms with E-state index >= 15 is 0 Å². The molecule has 90 valence electrons. The third-order valence-electron chi connectivity index (χ3n) is 2.90. The van der Waals surface area contributed by atoms with Crippen LogP contribution in [0.15, 0.2) is 36.0 Å². The van der Waals surface area contributed by atoms with E-state index in [1.807, 2.05) is 6.92 Å². The fourth-order valence-corrected chi connectivity index (χ4v) is 2.53. The van der Waals surface area contributed by atoms with Crippen molar-refractivity contribution in [2.75, 3.05) is 0 Å². The van der Waals surface area contributed by atoms with Crippen LogP contribution < -0.4 is 0 Å². The number of rotatable bonds is 4. The largest absolute Gasteiger partial charge is 0.385 e. The lowest BCUT2D eigenvalue weighted by Gasteiger charge is -2.26. The maximum absolute atomic E-state index is 13.2. The van der Waals surface area contributed by atoms with E-state index in [1.165, 1.54) is 23.5 Å². The number of hydrogen-bond acceptors (Lipinski definition) is 3. The smallest absolute Gasteiger partial charge is 0.123 e. The van der Waals surface area contributed by atoms with Crippen molar-refractivity contribution >= 4 is 11.3 Å². The van der Waals surface area contributed by atoms with Gasteiger partial charge < -0.3 is 5.11 Å². The predicted molar refractivity (Wildman–Crippen MR) is 66.4 cm³/mol. The summed E-state index contributed by atoms with van der Waals surface area (Å²) < 4.78 is 13.2. The zero-order valence-electron chi connectivity index (χ0n) is 9.56. The molecule has 0 aliphatic carbocycles. The van der Waals surface area contributed by atoms with Crippen molar-refractivity contribution in [1.82, 2.24) is 4.98 Å². The summed E-state index contributed by atoms with van der Waals surface area (Å²) in [6.07, 6.45) is 2.75. The van der Waals surface area contributed by atoms with E-state index in [4.69, 9.17) is 0 Å². The molecule has 0 saturated carbocycles. The maximum atomic E-state index is 13.2. The van der Waals surface area contributed by atoms with Crippen LogP contribution in [0.5, 0.6) is 0 Å². The van der Waals surface area contributed by atoms with Crippen molar-refractivity contribution in [2.45, 2.75) is 25.4 Å². The first-order valence-corrected chi connectivity index (χ1v) is 6.38. The Labute approximate surface area is 104 Å². The van der Waals surface area contributed by atoms with Gasteiger partial charge in [-0.2, -0.15) is 0 Å². The minimum atomic E-state index is -1.02. The highest BCUT2D eigenvalue weighted by atomic mass is 32.1. The molecule has 0 spiro atoms. The van der Waals surface area contributed by atoms with Gasteiger partial charge in [-0.05, 0) is 24.1 Å². The predicted octanol–water partition coefficient (Wildman–Crippen LogP) is 3.12. The second-order valence-electron chi connectivity index (χ2n) is 4.04. The van der Waals surface area contributed by atoms with E-state index in [2.05, 4.69) is 4.98 Å². The van der Waals surface area contributed by atoms with Crippen LogP contribution in [0.4, 0.5) is 4.39 Å². The number of thiazole rings is 1. The van der Waals surface area contributed by atoms with Gasteiger partial charge in [-0.15, -0.1) is 11.3 Å². The van der Waals surface area contributed by atoms with Crippen molar-refractivity contribution in [3.8, 4) is 0 Å². The molecule has 0 aliphatic heterocycles. The molecule has 0 aliphatic rings. The van der Waals surface area contributed by atoms with Crippen molar-refractivity contribution in [2.24, 2.45) is 0 Å². The standard InChI is InChI=1S/C13H14FNOS/c1-2-13(16,7-12-8-15-9-17-12)10-4-3-5-11(14)6-10/h3-6,8-9,16H,2,7H2,1H3. The summed E-state index contributed by atoms with van der Waals surface area (Å²) in [7, 11) is 0. The summed E-state index contributed by atoms with van der Waals surface area (Å²) in [4.78, 5) is 4.98. The summed E-state index contributed by atoms with van der Waals surface area (Å²) in [5.74, 6) is -0.321. The van der Waals surface area contributed by atoms with Crippen LogP contribution in [0.1, 0.15) is 23.8 Å². The number of aromatic nitrogens is 1. The summed E-state index contributed by atoms with van der Waals surface area (Å²) in [6.45, 7) is 1.89. The molecule has 1 heterocycles. The van der Waals surface area contributed by atoms with Crippen LogP contribution in [-0.2, 0) is 12.0 Å². The Morgan fingerprint density at radius 2 is 2.29 bits per heavy atom. The average Bonchev–Trinajstić information content (AvgIpc) is 2.81. The summed E-state index contributed by atoms with van der Waals surface area (Å²) in [5.41, 5.74) is 1.33. The third-order valence-corrected chi connectivity index (χ3v) is 3.68. The summed E-state index contributed by atoms with van der Waals surface area (Å²) in [6, 6.07) is 6.16. The molecule has 1 N–H and O–H groups in total. The summed E-state index contributed by atoms with van der Waals surface area (Å²) >= 11 is 1.50. The molecule has 0 fully saturated rings. The van der Waals surface area contributed by atoms with Gasteiger partial charge in [0, 0.05) is 17.5 Å². The molecule has 1 atom stereocenters. The van der Waals surface area contributed by atoms with Gasteiger partial charge in [0.05, 0.1) is 11.1 Å². The van der Waals surface area contributed by atoms with E-state index in [0.29, 0.717) is 18.4 Å². The van der Waals surface area contributed by atoms with Crippen LogP contribution in [0.3, 0.4) is 0 Å². The molecule has 0 radical (unpaired) electrons. The number of nitrogens with zero attached hydrogens (tertiary/aromatic N) is 1. The van der Waals surface area contributed by atoms with Crippen molar-refractivity contribution in [3.05, 3.63) is 52.2 Å². The quantitative estimate of drug-likeness (QED) is 0.905. The fourth-order valence-electron chi connectivity index (χ4n) is 1.83. The second-order valence-corrected chi connectivity index (χ2v) is 5.01. The highest BCUT2D eigenvalue weighted by Gasteiger charge is 2.28. The van der Waals surface area contributed by atoms with Crippen molar-refractivity contribution in [1.29, 1.82) is 0 Å². The van der Waals surface area contributed by atoms with E-state index in [-0.39, 0.29) is 5.82 Å². The van der Waals surface area contributed by atoms with Gasteiger partial charge in [0.25, 0.3) is 0 Å². The van der Waals surface area contributed by atoms with Gasteiger partial charge in [0.1, 0.15) is 5.82 Å². The van der Waals surface area contributed by atoms with Crippen LogP contribution in [0, 0.1) is 5.82 Å². The van der Waals surface area contributed by atoms with Crippen LogP contribution >= 0.6 is 11.3 Å². The van der Waals surface area contributed by atoms with Crippen molar-refractivity contribution in [3.63, 3.8) is 0 Å². The molecule has 2 rings (SSSR count). The van der Waals surface area contributed by atoms with E-state index < -0.39 is 5.60 Å². The SMILES string of the molecule is CCC(O)(Cc1cncs1)c1cccc(F)c1. The molecule has 0 amide bonds. The normalized spacial score (nSPS) is 14.5. The lowest BCUT2D eigenvalue weighted by atomic mass is 9.87. The molecule has 1 aromatic heterocycles. The first-order valence-electron chi connectivity index (χ1n) is 5.50. The number of halogens is 1. The Morgan fingerprint density at radius 1 is 1.47 bits per heavy atom. The zero-order chi connectivity index (χ0) is 12.3. The first-order chi connectivity index (χ1) is 8.14. The van der Waals surface area contributed by atoms with Gasteiger partial charge in [0.15, 0.2) is 0 Å². The maximum Gasteiger partial charge on any atom is 0.123 e. The molecule has 17 heavy (non-hydrogen) atoms. The van der Waals surface area contributed by atoms with E-state index in [1.54, 1.807) is 23.8 Å². The Morgan fingerprint density at radius 3 is 2.88 bits per heavy atom. The van der Waals surface area contributed by atoms with Crippen molar-refractivity contribution < 1.29 is 9.50 Å².